The van der Waals surface area contributed by atoms with E-state index in [1.165, 1.54) is 12.7 Å². The van der Waals surface area contributed by atoms with Gasteiger partial charge in [-0.25, -0.2) is 4.79 Å². The minimum absolute atomic E-state index is 0.181. The zero-order chi connectivity index (χ0) is 12.4. The van der Waals surface area contributed by atoms with Crippen LogP contribution in [0.2, 0.25) is 0 Å². The molecule has 92 valence electrons. The Morgan fingerprint density at radius 2 is 2.24 bits per heavy atom. The van der Waals surface area contributed by atoms with Crippen molar-refractivity contribution < 1.29 is 9.53 Å². The number of anilines is 1. The van der Waals surface area contributed by atoms with Crippen LogP contribution in [0.15, 0.2) is 22.7 Å². The minimum Gasteiger partial charge on any atom is -0.467 e. The first-order chi connectivity index (χ1) is 8.11. The van der Waals surface area contributed by atoms with Crippen molar-refractivity contribution in [2.75, 3.05) is 12.4 Å². The molecule has 1 aromatic carbocycles. The van der Waals surface area contributed by atoms with Gasteiger partial charge >= 0.3 is 5.97 Å². The lowest BCUT2D eigenvalue weighted by Crippen LogP contribution is -2.32. The molecule has 3 nitrogen and oxygen atoms in total. The lowest BCUT2D eigenvalue weighted by atomic mass is 10.1. The largest absolute Gasteiger partial charge is 0.467 e. The van der Waals surface area contributed by atoms with E-state index in [9.17, 15) is 4.79 Å². The fourth-order valence-corrected chi connectivity index (χ4v) is 2.44. The number of hydrogen-bond acceptors (Lipinski definition) is 3. The summed E-state index contributed by atoms with van der Waals surface area (Å²) in [7, 11) is 1.43. The van der Waals surface area contributed by atoms with Crippen molar-refractivity contribution in [2.24, 2.45) is 5.92 Å². The summed E-state index contributed by atoms with van der Waals surface area (Å²) >= 11 is 3.50. The molecule has 0 bridgehead atoms. The summed E-state index contributed by atoms with van der Waals surface area (Å²) < 4.78 is 5.81. The van der Waals surface area contributed by atoms with E-state index in [2.05, 4.69) is 21.2 Å². The van der Waals surface area contributed by atoms with Gasteiger partial charge in [-0.2, -0.15) is 0 Å². The zero-order valence-electron chi connectivity index (χ0n) is 10.00. The minimum atomic E-state index is -0.223. The molecule has 17 heavy (non-hydrogen) atoms. The molecule has 0 radical (unpaired) electrons. The molecule has 1 aromatic rings. The van der Waals surface area contributed by atoms with Crippen molar-refractivity contribution >= 4 is 27.6 Å². The first-order valence-corrected chi connectivity index (χ1v) is 6.51. The van der Waals surface area contributed by atoms with Crippen LogP contribution in [-0.4, -0.2) is 19.1 Å². The van der Waals surface area contributed by atoms with E-state index in [-0.39, 0.29) is 12.0 Å². The standard InChI is InChI=1S/C13H16BrNO2/c1-8-3-6-11(10(14)7-8)15-12(9-4-5-9)13(16)17-2/h3,6-7,9,12,15H,4-5H2,1-2H3. The second-order valence-corrected chi connectivity index (χ2v) is 5.32. The molecule has 1 aliphatic rings. The van der Waals surface area contributed by atoms with Gasteiger partial charge < -0.3 is 10.1 Å². The molecule has 0 amide bonds. The van der Waals surface area contributed by atoms with Crippen LogP contribution in [0.4, 0.5) is 5.69 Å². The second-order valence-electron chi connectivity index (χ2n) is 4.47. The maximum atomic E-state index is 11.7. The number of hydrogen-bond donors (Lipinski definition) is 1. The average molecular weight is 298 g/mol. The number of rotatable bonds is 4. The Morgan fingerprint density at radius 1 is 1.53 bits per heavy atom. The number of aryl methyl sites for hydroxylation is 1. The summed E-state index contributed by atoms with van der Waals surface area (Å²) in [5.41, 5.74) is 2.13. The van der Waals surface area contributed by atoms with Gasteiger partial charge in [-0.15, -0.1) is 0 Å². The molecule has 0 heterocycles. The van der Waals surface area contributed by atoms with Crippen molar-refractivity contribution in [3.63, 3.8) is 0 Å². The Bertz CT molecular complexity index is 429. The predicted octanol–water partition coefficient (Wildman–Crippen LogP) is 3.12. The summed E-state index contributed by atoms with van der Waals surface area (Å²) in [5, 5.41) is 3.27. The van der Waals surface area contributed by atoms with Gasteiger partial charge in [0.25, 0.3) is 0 Å². The lowest BCUT2D eigenvalue weighted by Gasteiger charge is -2.18. The summed E-state index contributed by atoms with van der Waals surface area (Å²) in [6.07, 6.45) is 2.19. The third-order valence-electron chi connectivity index (χ3n) is 2.98. The van der Waals surface area contributed by atoms with Crippen LogP contribution in [0, 0.1) is 12.8 Å². The van der Waals surface area contributed by atoms with Crippen molar-refractivity contribution in [1.29, 1.82) is 0 Å². The van der Waals surface area contributed by atoms with E-state index in [4.69, 9.17) is 4.74 Å². The van der Waals surface area contributed by atoms with Crippen molar-refractivity contribution in [3.05, 3.63) is 28.2 Å². The Morgan fingerprint density at radius 3 is 2.76 bits per heavy atom. The summed E-state index contributed by atoms with van der Waals surface area (Å²) in [5.74, 6) is 0.232. The van der Waals surface area contributed by atoms with Crippen LogP contribution in [-0.2, 0) is 9.53 Å². The highest BCUT2D eigenvalue weighted by Gasteiger charge is 2.37. The number of halogens is 1. The number of benzene rings is 1. The van der Waals surface area contributed by atoms with E-state index in [0.29, 0.717) is 5.92 Å². The summed E-state index contributed by atoms with van der Waals surface area (Å²) in [6, 6.07) is 5.81. The topological polar surface area (TPSA) is 38.3 Å². The van der Waals surface area contributed by atoms with Crippen molar-refractivity contribution in [2.45, 2.75) is 25.8 Å². The smallest absolute Gasteiger partial charge is 0.328 e. The van der Waals surface area contributed by atoms with Crippen LogP contribution < -0.4 is 5.32 Å². The van der Waals surface area contributed by atoms with Crippen LogP contribution in [0.25, 0.3) is 0 Å². The van der Waals surface area contributed by atoms with E-state index in [1.54, 1.807) is 0 Å². The Hall–Kier alpha value is -1.03. The maximum Gasteiger partial charge on any atom is 0.328 e. The Labute approximate surface area is 110 Å². The van der Waals surface area contributed by atoms with E-state index >= 15 is 0 Å². The number of carbonyl (C=O) groups is 1. The number of nitrogens with one attached hydrogen (secondary N) is 1. The van der Waals surface area contributed by atoms with Crippen molar-refractivity contribution in [3.8, 4) is 0 Å². The van der Waals surface area contributed by atoms with Gasteiger partial charge in [0.05, 0.1) is 7.11 Å². The molecule has 1 fully saturated rings. The molecule has 1 unspecified atom stereocenters. The van der Waals surface area contributed by atoms with Crippen LogP contribution in [0.3, 0.4) is 0 Å². The third kappa shape index (κ3) is 3.00. The Balaban J connectivity index is 2.14. The monoisotopic (exact) mass is 297 g/mol. The molecular formula is C13H16BrNO2. The van der Waals surface area contributed by atoms with Gasteiger partial charge in [0.15, 0.2) is 0 Å². The highest BCUT2D eigenvalue weighted by atomic mass is 79.9. The average Bonchev–Trinajstić information content (AvgIpc) is 3.11. The fourth-order valence-electron chi connectivity index (χ4n) is 1.83. The number of methoxy groups -OCH3 is 1. The van der Waals surface area contributed by atoms with Gasteiger partial charge in [0.1, 0.15) is 6.04 Å². The Kier molecular flexibility index (Phi) is 3.72. The summed E-state index contributed by atoms with van der Waals surface area (Å²) in [4.78, 5) is 11.7. The molecule has 0 aliphatic heterocycles. The quantitative estimate of drug-likeness (QED) is 0.868. The van der Waals surface area contributed by atoms with E-state index in [0.717, 1.165) is 23.0 Å². The molecule has 1 atom stereocenters. The van der Waals surface area contributed by atoms with Gasteiger partial charge in [-0.3, -0.25) is 0 Å². The van der Waals surface area contributed by atoms with Gasteiger partial charge in [0.2, 0.25) is 0 Å². The SMILES string of the molecule is COC(=O)C(Nc1ccc(C)cc1Br)C1CC1. The molecule has 1 aliphatic carbocycles. The van der Waals surface area contributed by atoms with Crippen LogP contribution >= 0.6 is 15.9 Å². The van der Waals surface area contributed by atoms with Crippen LogP contribution in [0.1, 0.15) is 18.4 Å². The van der Waals surface area contributed by atoms with Gasteiger partial charge in [-0.1, -0.05) is 6.07 Å². The number of carbonyl (C=O) groups excluding carboxylic acids is 1. The highest BCUT2D eigenvalue weighted by molar-refractivity contribution is 9.10. The van der Waals surface area contributed by atoms with Crippen LogP contribution in [0.5, 0.6) is 0 Å². The second kappa shape index (κ2) is 5.08. The first-order valence-electron chi connectivity index (χ1n) is 5.72. The number of ether oxygens (including phenoxy) is 1. The third-order valence-corrected chi connectivity index (χ3v) is 3.64. The normalized spacial score (nSPS) is 16.4. The molecule has 0 saturated heterocycles. The molecule has 4 heteroatoms. The van der Waals surface area contributed by atoms with Gasteiger partial charge in [0, 0.05) is 10.2 Å². The zero-order valence-corrected chi connectivity index (χ0v) is 11.6. The molecule has 2 rings (SSSR count). The highest BCUT2D eigenvalue weighted by Crippen LogP contribution is 2.36. The molecular weight excluding hydrogens is 282 g/mol. The van der Waals surface area contributed by atoms with Gasteiger partial charge in [-0.05, 0) is 59.3 Å². The van der Waals surface area contributed by atoms with E-state index < -0.39 is 0 Å². The molecule has 1 N–H and O–H groups in total. The van der Waals surface area contributed by atoms with E-state index in [1.807, 2.05) is 25.1 Å². The lowest BCUT2D eigenvalue weighted by molar-refractivity contribution is -0.142. The van der Waals surface area contributed by atoms with Crippen molar-refractivity contribution in [1.82, 2.24) is 0 Å². The predicted molar refractivity (Wildman–Crippen MR) is 71.0 cm³/mol. The molecule has 0 aromatic heterocycles. The maximum absolute atomic E-state index is 11.7. The molecule has 1 saturated carbocycles. The first kappa shape index (κ1) is 12.4. The molecule has 0 spiro atoms. The fraction of sp³-hybridized carbons (Fsp3) is 0.462. The summed E-state index contributed by atoms with van der Waals surface area (Å²) in [6.45, 7) is 2.03. The number of esters is 1.